The number of fused-ring (bicyclic) bond motifs is 3. The summed E-state index contributed by atoms with van der Waals surface area (Å²) in [6.07, 6.45) is 2.37. The summed E-state index contributed by atoms with van der Waals surface area (Å²) in [5.74, 6) is -0.194. The zero-order valence-corrected chi connectivity index (χ0v) is 14.8. The molecule has 0 radical (unpaired) electrons. The molecule has 6 N–H and O–H groups in total. The highest BCUT2D eigenvalue weighted by Gasteiger charge is 2.25. The standard InChI is InChI=1S/C18H15ClFN5O2/c19-17-15-12(16-10(24-17)2-1-5-27-16)11(14(23)18(26)25-15)7-3-4-9(20)13(22)8(7)6-21/h3-4,6,21H,1-2,5,22-23H2,(H,25,26). The number of aryl methyl sites for hydroxylation is 1. The van der Waals surface area contributed by atoms with Crippen LogP contribution in [0, 0.1) is 11.2 Å². The second kappa shape index (κ2) is 6.24. The molecule has 0 unspecified atom stereocenters. The van der Waals surface area contributed by atoms with E-state index < -0.39 is 11.4 Å². The molecule has 1 aliphatic rings. The van der Waals surface area contributed by atoms with Gasteiger partial charge in [-0.3, -0.25) is 4.79 Å². The van der Waals surface area contributed by atoms with E-state index in [0.717, 1.165) is 12.6 Å². The first-order valence-corrected chi connectivity index (χ1v) is 8.57. The Morgan fingerprint density at radius 1 is 1.33 bits per heavy atom. The van der Waals surface area contributed by atoms with Crippen LogP contribution >= 0.6 is 11.6 Å². The van der Waals surface area contributed by atoms with Gasteiger partial charge in [0.2, 0.25) is 0 Å². The first-order valence-electron chi connectivity index (χ1n) is 8.19. The SMILES string of the molecule is N=Cc1c(-c2c(N)c(=O)[nH]c3c(Cl)nc4c(c23)OCCC4)ccc(F)c1N. The minimum atomic E-state index is -0.664. The Balaban J connectivity index is 2.24. The fourth-order valence-electron chi connectivity index (χ4n) is 3.37. The highest BCUT2D eigenvalue weighted by Crippen LogP contribution is 2.43. The second-order valence-electron chi connectivity index (χ2n) is 6.19. The van der Waals surface area contributed by atoms with Gasteiger partial charge in [-0.2, -0.15) is 0 Å². The third-order valence-corrected chi connectivity index (χ3v) is 4.91. The number of halogens is 2. The molecule has 0 aliphatic carbocycles. The minimum Gasteiger partial charge on any atom is -0.491 e. The summed E-state index contributed by atoms with van der Waals surface area (Å²) in [5.41, 5.74) is 12.7. The lowest BCUT2D eigenvalue weighted by molar-refractivity contribution is 0.289. The van der Waals surface area contributed by atoms with E-state index in [1.54, 1.807) is 0 Å². The lowest BCUT2D eigenvalue weighted by atomic mass is 9.93. The second-order valence-corrected chi connectivity index (χ2v) is 6.55. The summed E-state index contributed by atoms with van der Waals surface area (Å²) in [5, 5.41) is 8.24. The lowest BCUT2D eigenvalue weighted by Crippen LogP contribution is -2.17. The quantitative estimate of drug-likeness (QED) is 0.305. The van der Waals surface area contributed by atoms with E-state index in [2.05, 4.69) is 9.97 Å². The molecule has 0 spiro atoms. The van der Waals surface area contributed by atoms with Crippen LogP contribution in [0.5, 0.6) is 5.75 Å². The van der Waals surface area contributed by atoms with Gasteiger partial charge >= 0.3 is 0 Å². The summed E-state index contributed by atoms with van der Waals surface area (Å²) < 4.78 is 19.7. The fourth-order valence-corrected chi connectivity index (χ4v) is 3.61. The highest BCUT2D eigenvalue weighted by molar-refractivity contribution is 6.34. The number of anilines is 2. The van der Waals surface area contributed by atoms with Gasteiger partial charge in [0.05, 0.1) is 28.9 Å². The van der Waals surface area contributed by atoms with Crippen molar-refractivity contribution in [2.75, 3.05) is 18.1 Å². The van der Waals surface area contributed by atoms with Crippen LogP contribution in [-0.2, 0) is 6.42 Å². The van der Waals surface area contributed by atoms with Gasteiger partial charge in [0.25, 0.3) is 5.56 Å². The number of nitrogens with zero attached hydrogens (tertiary/aromatic N) is 1. The molecule has 2 aromatic heterocycles. The summed E-state index contributed by atoms with van der Waals surface area (Å²) >= 11 is 6.30. The number of benzene rings is 1. The van der Waals surface area contributed by atoms with E-state index in [0.29, 0.717) is 41.0 Å². The van der Waals surface area contributed by atoms with Gasteiger partial charge in [-0.25, -0.2) is 9.37 Å². The first-order chi connectivity index (χ1) is 12.9. The molecule has 0 saturated carbocycles. The fraction of sp³-hybridized carbons (Fsp3) is 0.167. The molecule has 0 amide bonds. The summed E-state index contributed by atoms with van der Waals surface area (Å²) in [4.78, 5) is 19.4. The van der Waals surface area contributed by atoms with Gasteiger partial charge in [0, 0.05) is 17.3 Å². The summed E-state index contributed by atoms with van der Waals surface area (Å²) in [7, 11) is 0. The van der Waals surface area contributed by atoms with Gasteiger partial charge in [0.1, 0.15) is 11.5 Å². The molecule has 0 bridgehead atoms. The predicted molar refractivity (Wildman–Crippen MR) is 103 cm³/mol. The number of pyridine rings is 2. The van der Waals surface area contributed by atoms with Crippen LogP contribution in [-0.4, -0.2) is 22.8 Å². The first kappa shape index (κ1) is 17.3. The number of nitrogens with one attached hydrogen (secondary N) is 2. The van der Waals surface area contributed by atoms with Crippen LogP contribution in [0.1, 0.15) is 17.7 Å². The molecule has 3 heterocycles. The topological polar surface area (TPSA) is 131 Å². The van der Waals surface area contributed by atoms with Gasteiger partial charge in [-0.15, -0.1) is 0 Å². The van der Waals surface area contributed by atoms with E-state index in [4.69, 9.17) is 33.2 Å². The molecule has 3 aromatic rings. The summed E-state index contributed by atoms with van der Waals surface area (Å²) in [6, 6.07) is 2.60. The predicted octanol–water partition coefficient (Wildman–Crippen LogP) is 2.87. The Morgan fingerprint density at radius 3 is 2.85 bits per heavy atom. The number of aromatic nitrogens is 2. The molecular weight excluding hydrogens is 373 g/mol. The average molecular weight is 388 g/mol. The van der Waals surface area contributed by atoms with Crippen LogP contribution in [0.25, 0.3) is 22.0 Å². The van der Waals surface area contributed by atoms with Crippen molar-refractivity contribution in [3.8, 4) is 16.9 Å². The molecule has 4 rings (SSSR count). The number of nitrogen functional groups attached to an aromatic ring is 2. The van der Waals surface area contributed by atoms with Crippen molar-refractivity contribution in [3.63, 3.8) is 0 Å². The Hall–Kier alpha value is -3.13. The van der Waals surface area contributed by atoms with Gasteiger partial charge < -0.3 is 26.6 Å². The third-order valence-electron chi connectivity index (χ3n) is 4.63. The Morgan fingerprint density at radius 2 is 2.11 bits per heavy atom. The molecule has 0 fully saturated rings. The molecule has 0 saturated heterocycles. The van der Waals surface area contributed by atoms with Gasteiger partial charge in [-0.05, 0) is 24.5 Å². The van der Waals surface area contributed by atoms with Crippen molar-refractivity contribution in [1.82, 2.24) is 9.97 Å². The van der Waals surface area contributed by atoms with E-state index >= 15 is 0 Å². The van der Waals surface area contributed by atoms with Crippen LogP contribution in [0.3, 0.4) is 0 Å². The molecular formula is C18H15ClFN5O2. The monoisotopic (exact) mass is 387 g/mol. The van der Waals surface area contributed by atoms with E-state index in [1.807, 2.05) is 0 Å². The van der Waals surface area contributed by atoms with Crippen molar-refractivity contribution in [2.45, 2.75) is 12.8 Å². The molecule has 0 atom stereocenters. The lowest BCUT2D eigenvalue weighted by Gasteiger charge is -2.22. The molecule has 9 heteroatoms. The smallest absolute Gasteiger partial charge is 0.272 e. The van der Waals surface area contributed by atoms with E-state index in [1.165, 1.54) is 12.1 Å². The maximum Gasteiger partial charge on any atom is 0.272 e. The number of nitrogens with two attached hydrogens (primary N) is 2. The van der Waals surface area contributed by atoms with Crippen molar-refractivity contribution in [3.05, 3.63) is 44.7 Å². The zero-order valence-electron chi connectivity index (χ0n) is 14.0. The number of H-pyrrole nitrogens is 1. The minimum absolute atomic E-state index is 0.102. The maximum absolute atomic E-state index is 13.9. The van der Waals surface area contributed by atoms with Crippen molar-refractivity contribution in [1.29, 1.82) is 5.41 Å². The number of aromatic amines is 1. The number of hydrogen-bond donors (Lipinski definition) is 4. The molecule has 7 nitrogen and oxygen atoms in total. The normalized spacial score (nSPS) is 13.3. The van der Waals surface area contributed by atoms with Gasteiger partial charge in [-0.1, -0.05) is 17.7 Å². The maximum atomic E-state index is 13.9. The molecule has 1 aliphatic heterocycles. The molecule has 27 heavy (non-hydrogen) atoms. The van der Waals surface area contributed by atoms with Gasteiger partial charge in [0.15, 0.2) is 10.9 Å². The van der Waals surface area contributed by atoms with Crippen LogP contribution < -0.4 is 21.8 Å². The highest BCUT2D eigenvalue weighted by atomic mass is 35.5. The molecule has 1 aromatic carbocycles. The Bertz CT molecular complexity index is 1180. The number of rotatable bonds is 2. The average Bonchev–Trinajstić information content (AvgIpc) is 2.66. The third kappa shape index (κ3) is 2.52. The van der Waals surface area contributed by atoms with Crippen LogP contribution in [0.4, 0.5) is 15.8 Å². The van der Waals surface area contributed by atoms with E-state index in [-0.39, 0.29) is 27.6 Å². The van der Waals surface area contributed by atoms with E-state index in [9.17, 15) is 9.18 Å². The number of ether oxygens (including phenoxy) is 1. The van der Waals surface area contributed by atoms with Crippen LogP contribution in [0.15, 0.2) is 16.9 Å². The zero-order chi connectivity index (χ0) is 19.3. The van der Waals surface area contributed by atoms with Crippen molar-refractivity contribution in [2.24, 2.45) is 0 Å². The number of hydrogen-bond acceptors (Lipinski definition) is 6. The largest absolute Gasteiger partial charge is 0.491 e. The Kier molecular flexibility index (Phi) is 4.00. The Labute approximate surface area is 157 Å². The summed E-state index contributed by atoms with van der Waals surface area (Å²) in [6.45, 7) is 0.479. The van der Waals surface area contributed by atoms with Crippen molar-refractivity contribution >= 4 is 40.1 Å². The van der Waals surface area contributed by atoms with Crippen LogP contribution in [0.2, 0.25) is 5.15 Å². The molecule has 138 valence electrons. The van der Waals surface area contributed by atoms with Crippen molar-refractivity contribution < 1.29 is 9.13 Å².